The largest absolute Gasteiger partial charge is 0.347 e. The van der Waals surface area contributed by atoms with Crippen LogP contribution in [0.4, 0.5) is 11.4 Å². The topological polar surface area (TPSA) is 6.25 Å². The number of fused-ring (bicyclic) bond motifs is 6. The maximum absolute atomic E-state index is 7.21. The van der Waals surface area contributed by atoms with Gasteiger partial charge in [0.25, 0.3) is 0 Å². The van der Waals surface area contributed by atoms with E-state index in [-0.39, 0.29) is 10.8 Å². The van der Waals surface area contributed by atoms with Crippen LogP contribution in [0.1, 0.15) is 70.9 Å². The molecule has 43 heavy (non-hydrogen) atoms. The van der Waals surface area contributed by atoms with E-state index < -0.39 is 0 Å². The Kier molecular flexibility index (Phi) is 6.71. The van der Waals surface area contributed by atoms with Crippen molar-refractivity contribution in [1.82, 2.24) is 0 Å². The molecule has 3 aliphatic rings. The zero-order valence-electron chi connectivity index (χ0n) is 26.4. The van der Waals surface area contributed by atoms with E-state index in [9.17, 15) is 0 Å². The Morgan fingerprint density at radius 1 is 0.767 bits per heavy atom. The van der Waals surface area contributed by atoms with Gasteiger partial charge in [0, 0.05) is 46.9 Å². The fraction of sp³-hybridized carbons (Fsp3) is 0.325. The summed E-state index contributed by atoms with van der Waals surface area (Å²) in [6.45, 7) is 9.50. The number of allylic oxidation sites excluding steroid dienone is 6. The second kappa shape index (κ2) is 10.2. The molecule has 0 aromatic heterocycles. The standard InChI is InChI=1S/C40H42ClN2/c1-39(2)34(42(5)32-22-18-26-12-7-9-16-30(26)36(32)39)24-20-28-14-11-15-29(38(28)41)21-25-35-40(3,4)37-31-17-10-8-13-27(31)19-23-33(37)43(35)6/h7-10,12-13,16-20,22-24H,11,14-15,21,25H2,1-6H3/q+1/b28-20?,34-24+. The minimum absolute atomic E-state index is 0.0203. The normalized spacial score (nSPS) is 21.0. The molecule has 2 aliphatic heterocycles. The van der Waals surface area contributed by atoms with Crippen molar-refractivity contribution >= 4 is 50.2 Å². The van der Waals surface area contributed by atoms with Gasteiger partial charge in [-0.05, 0) is 90.4 Å². The van der Waals surface area contributed by atoms with Crippen LogP contribution in [0.25, 0.3) is 21.5 Å². The molecule has 0 atom stereocenters. The number of benzene rings is 4. The van der Waals surface area contributed by atoms with E-state index >= 15 is 0 Å². The summed E-state index contributed by atoms with van der Waals surface area (Å²) in [5.41, 5.74) is 10.9. The highest BCUT2D eigenvalue weighted by Gasteiger charge is 2.45. The Morgan fingerprint density at radius 3 is 2.14 bits per heavy atom. The first kappa shape index (κ1) is 28.2. The number of likely N-dealkylation sites (N-methyl/N-ethyl adjacent to an activating group) is 1. The number of nitrogens with zero attached hydrogens (tertiary/aromatic N) is 2. The molecule has 0 saturated heterocycles. The Hall–Kier alpha value is -3.62. The summed E-state index contributed by atoms with van der Waals surface area (Å²) in [7, 11) is 4.45. The summed E-state index contributed by atoms with van der Waals surface area (Å²) in [6, 6.07) is 26.7. The van der Waals surface area contributed by atoms with Crippen molar-refractivity contribution in [3.63, 3.8) is 0 Å². The van der Waals surface area contributed by atoms with E-state index in [4.69, 9.17) is 11.6 Å². The van der Waals surface area contributed by atoms with Gasteiger partial charge in [-0.2, -0.15) is 0 Å². The summed E-state index contributed by atoms with van der Waals surface area (Å²) in [5, 5.41) is 6.33. The van der Waals surface area contributed by atoms with Crippen LogP contribution in [-0.2, 0) is 10.8 Å². The van der Waals surface area contributed by atoms with Gasteiger partial charge in [-0.3, -0.25) is 0 Å². The third-order valence-corrected chi connectivity index (χ3v) is 11.0. The van der Waals surface area contributed by atoms with Gasteiger partial charge >= 0.3 is 0 Å². The summed E-state index contributed by atoms with van der Waals surface area (Å²) in [4.78, 5) is 2.37. The van der Waals surface area contributed by atoms with Gasteiger partial charge in [0.1, 0.15) is 7.05 Å². The lowest BCUT2D eigenvalue weighted by molar-refractivity contribution is -0.403. The molecule has 2 heterocycles. The van der Waals surface area contributed by atoms with E-state index in [0.29, 0.717) is 0 Å². The fourth-order valence-corrected chi connectivity index (χ4v) is 8.70. The number of rotatable bonds is 4. The Morgan fingerprint density at radius 2 is 1.42 bits per heavy atom. The van der Waals surface area contributed by atoms with Crippen molar-refractivity contribution in [2.45, 2.75) is 70.6 Å². The number of anilines is 1. The number of halogens is 1. The highest BCUT2D eigenvalue weighted by atomic mass is 35.5. The smallest absolute Gasteiger partial charge is 0.209 e. The monoisotopic (exact) mass is 585 g/mol. The van der Waals surface area contributed by atoms with Gasteiger partial charge in [0.15, 0.2) is 5.71 Å². The van der Waals surface area contributed by atoms with Gasteiger partial charge in [0.05, 0.1) is 5.41 Å². The molecular weight excluding hydrogens is 544 g/mol. The SMILES string of the molecule is CN1/C(=C/C=C2CCCC(CCC3=[N+](C)c4ccc5ccccc5c4C3(C)C)=C2Cl)C(C)(C)c2c1ccc1ccccc21. The predicted molar refractivity (Wildman–Crippen MR) is 185 cm³/mol. The van der Waals surface area contributed by atoms with Gasteiger partial charge in [-0.25, -0.2) is 4.58 Å². The molecule has 1 aliphatic carbocycles. The van der Waals surface area contributed by atoms with Crippen LogP contribution in [-0.4, -0.2) is 24.4 Å². The van der Waals surface area contributed by atoms with Crippen molar-refractivity contribution in [2.24, 2.45) is 0 Å². The molecule has 0 spiro atoms. The molecule has 7 rings (SSSR count). The minimum Gasteiger partial charge on any atom is -0.347 e. The maximum Gasteiger partial charge on any atom is 0.209 e. The third-order valence-electron chi connectivity index (χ3n) is 10.5. The zero-order valence-corrected chi connectivity index (χ0v) is 27.1. The van der Waals surface area contributed by atoms with Gasteiger partial charge in [-0.15, -0.1) is 0 Å². The first-order valence-electron chi connectivity index (χ1n) is 15.8. The molecule has 4 aromatic rings. The van der Waals surface area contributed by atoms with Crippen LogP contribution in [0.15, 0.2) is 107 Å². The van der Waals surface area contributed by atoms with Crippen LogP contribution in [0.5, 0.6) is 0 Å². The van der Waals surface area contributed by atoms with Crippen molar-refractivity contribution in [3.05, 3.63) is 118 Å². The molecule has 4 aromatic carbocycles. The summed E-state index contributed by atoms with van der Waals surface area (Å²) >= 11 is 7.21. The maximum atomic E-state index is 7.21. The van der Waals surface area contributed by atoms with E-state index in [1.54, 1.807) is 0 Å². The first-order chi connectivity index (χ1) is 20.6. The van der Waals surface area contributed by atoms with Gasteiger partial charge in [0.2, 0.25) is 5.69 Å². The first-order valence-corrected chi connectivity index (χ1v) is 16.2. The molecule has 0 bridgehead atoms. The Labute approximate surface area is 261 Å². The van der Waals surface area contributed by atoms with Crippen molar-refractivity contribution in [1.29, 1.82) is 0 Å². The minimum atomic E-state index is -0.0931. The molecule has 0 radical (unpaired) electrons. The average molecular weight is 586 g/mol. The third kappa shape index (κ3) is 4.32. The molecule has 2 nitrogen and oxygen atoms in total. The highest BCUT2D eigenvalue weighted by molar-refractivity contribution is 6.32. The van der Waals surface area contributed by atoms with E-state index in [1.807, 2.05) is 0 Å². The molecule has 0 saturated carbocycles. The molecule has 218 valence electrons. The molecular formula is C40H42ClN2+. The van der Waals surface area contributed by atoms with Crippen molar-refractivity contribution < 1.29 is 4.58 Å². The Bertz CT molecular complexity index is 1930. The van der Waals surface area contributed by atoms with Crippen molar-refractivity contribution in [3.8, 4) is 0 Å². The van der Waals surface area contributed by atoms with Gasteiger partial charge < -0.3 is 4.90 Å². The molecule has 0 N–H and O–H groups in total. The van der Waals surface area contributed by atoms with E-state index in [2.05, 4.69) is 136 Å². The molecule has 0 fully saturated rings. The summed E-state index contributed by atoms with van der Waals surface area (Å²) < 4.78 is 2.44. The van der Waals surface area contributed by atoms with Crippen LogP contribution < -0.4 is 4.90 Å². The molecule has 3 heteroatoms. The van der Waals surface area contributed by atoms with Crippen LogP contribution in [0.3, 0.4) is 0 Å². The lowest BCUT2D eigenvalue weighted by atomic mass is 9.77. The van der Waals surface area contributed by atoms with Crippen LogP contribution in [0.2, 0.25) is 0 Å². The highest BCUT2D eigenvalue weighted by Crippen LogP contribution is 2.50. The van der Waals surface area contributed by atoms with Crippen LogP contribution in [0, 0.1) is 0 Å². The fourth-order valence-electron chi connectivity index (χ4n) is 8.36. The summed E-state index contributed by atoms with van der Waals surface area (Å²) in [5.74, 6) is 0. The summed E-state index contributed by atoms with van der Waals surface area (Å²) in [6.07, 6.45) is 9.94. The zero-order chi connectivity index (χ0) is 30.1. The lowest BCUT2D eigenvalue weighted by Gasteiger charge is -2.25. The molecule has 0 amide bonds. The second-order valence-electron chi connectivity index (χ2n) is 13.7. The van der Waals surface area contributed by atoms with Crippen LogP contribution >= 0.6 is 11.6 Å². The molecule has 0 unspecified atom stereocenters. The van der Waals surface area contributed by atoms with E-state index in [1.165, 1.54) is 66.6 Å². The second-order valence-corrected chi connectivity index (χ2v) is 14.1. The van der Waals surface area contributed by atoms with Crippen molar-refractivity contribution in [2.75, 3.05) is 19.0 Å². The number of hydrogen-bond acceptors (Lipinski definition) is 1. The van der Waals surface area contributed by atoms with E-state index in [0.717, 1.165) is 37.1 Å². The lowest BCUT2D eigenvalue weighted by Crippen LogP contribution is -2.28. The predicted octanol–water partition coefficient (Wildman–Crippen LogP) is 10.7. The van der Waals surface area contributed by atoms with Gasteiger partial charge in [-0.1, -0.05) is 91.7 Å². The Balaban J connectivity index is 1.17. The quantitative estimate of drug-likeness (QED) is 0.216. The average Bonchev–Trinajstić information content (AvgIpc) is 3.33. The number of hydrogen-bond donors (Lipinski definition) is 0.